The van der Waals surface area contributed by atoms with Crippen LogP contribution in [0.4, 0.5) is 5.69 Å². The summed E-state index contributed by atoms with van der Waals surface area (Å²) in [5.41, 5.74) is 1.05. The van der Waals surface area contributed by atoms with Gasteiger partial charge in [0.15, 0.2) is 0 Å². The van der Waals surface area contributed by atoms with Crippen molar-refractivity contribution in [2.45, 2.75) is 32.1 Å². The standard InChI is InChI=1S/C21H27BrN2O3/c1-27-12-2-11-23-19(25)17-15-7-8-16(21(15)9-10-21)18(17)20(26)24-14-5-3-13(22)4-6-14/h3-6,15-18H,2,7-12H2,1H3,(H,23,25)(H,24,26)/t15-,16+,17-,18-/m1/s1. The first-order valence-electron chi connectivity index (χ1n) is 9.90. The third-order valence-corrected chi connectivity index (χ3v) is 7.42. The zero-order valence-electron chi connectivity index (χ0n) is 15.7. The van der Waals surface area contributed by atoms with Crippen LogP contribution in [0.5, 0.6) is 0 Å². The SMILES string of the molecule is COCCCNC(=O)[C@H]1[C@H](C(=O)Nc2ccc(Br)cc2)[C@@H]2CC[C@H]1C21CC1. The van der Waals surface area contributed by atoms with Crippen LogP contribution in [-0.4, -0.2) is 32.1 Å². The summed E-state index contributed by atoms with van der Waals surface area (Å²) in [6, 6.07) is 7.61. The second-order valence-corrected chi connectivity index (χ2v) is 9.12. The van der Waals surface area contributed by atoms with Gasteiger partial charge in [-0.3, -0.25) is 9.59 Å². The van der Waals surface area contributed by atoms with Gasteiger partial charge in [0.05, 0.1) is 11.8 Å². The molecule has 0 saturated heterocycles. The highest BCUT2D eigenvalue weighted by molar-refractivity contribution is 9.10. The Morgan fingerprint density at radius 1 is 1.11 bits per heavy atom. The third-order valence-electron chi connectivity index (χ3n) is 6.89. The van der Waals surface area contributed by atoms with E-state index in [1.807, 2.05) is 24.3 Å². The molecule has 3 aliphatic rings. The van der Waals surface area contributed by atoms with Crippen LogP contribution in [0, 0.1) is 29.1 Å². The van der Waals surface area contributed by atoms with E-state index in [0.29, 0.717) is 25.0 Å². The predicted molar refractivity (Wildman–Crippen MR) is 107 cm³/mol. The van der Waals surface area contributed by atoms with E-state index in [4.69, 9.17) is 4.74 Å². The van der Waals surface area contributed by atoms with Crippen molar-refractivity contribution in [3.63, 3.8) is 0 Å². The molecule has 2 N–H and O–H groups in total. The minimum absolute atomic E-state index is 0.00726. The molecule has 6 heteroatoms. The molecule has 27 heavy (non-hydrogen) atoms. The van der Waals surface area contributed by atoms with Gasteiger partial charge in [-0.2, -0.15) is 0 Å². The van der Waals surface area contributed by atoms with Gasteiger partial charge in [0.2, 0.25) is 11.8 Å². The number of halogens is 1. The van der Waals surface area contributed by atoms with Crippen LogP contribution in [0.25, 0.3) is 0 Å². The fourth-order valence-electron chi connectivity index (χ4n) is 5.67. The Labute approximate surface area is 168 Å². The van der Waals surface area contributed by atoms with E-state index in [1.54, 1.807) is 7.11 Å². The quantitative estimate of drug-likeness (QED) is 0.644. The van der Waals surface area contributed by atoms with Crippen molar-refractivity contribution in [1.82, 2.24) is 5.32 Å². The molecular weight excluding hydrogens is 408 g/mol. The Hall–Kier alpha value is -1.40. The predicted octanol–water partition coefficient (Wildman–Crippen LogP) is 3.59. The Morgan fingerprint density at radius 2 is 1.74 bits per heavy atom. The number of hydrogen-bond donors (Lipinski definition) is 2. The highest BCUT2D eigenvalue weighted by atomic mass is 79.9. The molecule has 0 unspecified atom stereocenters. The summed E-state index contributed by atoms with van der Waals surface area (Å²) in [4.78, 5) is 26.2. The molecule has 2 amide bonds. The van der Waals surface area contributed by atoms with E-state index in [2.05, 4.69) is 26.6 Å². The van der Waals surface area contributed by atoms with E-state index in [9.17, 15) is 9.59 Å². The summed E-state index contributed by atoms with van der Waals surface area (Å²) in [6.45, 7) is 1.24. The van der Waals surface area contributed by atoms with Gasteiger partial charge in [-0.15, -0.1) is 0 Å². The molecule has 1 spiro atoms. The molecule has 4 rings (SSSR count). The Balaban J connectivity index is 1.49. The summed E-state index contributed by atoms with van der Waals surface area (Å²) in [6.07, 6.45) is 5.32. The van der Waals surface area contributed by atoms with Crippen LogP contribution < -0.4 is 10.6 Å². The number of nitrogens with one attached hydrogen (secondary N) is 2. The first kappa shape index (κ1) is 18.9. The first-order chi connectivity index (χ1) is 13.1. The Morgan fingerprint density at radius 3 is 2.33 bits per heavy atom. The normalized spacial score (nSPS) is 29.7. The van der Waals surface area contributed by atoms with Crippen molar-refractivity contribution in [3.8, 4) is 0 Å². The van der Waals surface area contributed by atoms with Crippen molar-refractivity contribution in [2.24, 2.45) is 29.1 Å². The van der Waals surface area contributed by atoms with E-state index in [1.165, 1.54) is 12.8 Å². The molecule has 0 aliphatic heterocycles. The third kappa shape index (κ3) is 3.42. The van der Waals surface area contributed by atoms with Gasteiger partial charge in [-0.25, -0.2) is 0 Å². The molecule has 4 atom stereocenters. The van der Waals surface area contributed by atoms with Crippen molar-refractivity contribution in [2.75, 3.05) is 25.6 Å². The van der Waals surface area contributed by atoms with Crippen LogP contribution in [-0.2, 0) is 14.3 Å². The van der Waals surface area contributed by atoms with Gasteiger partial charge in [0, 0.05) is 30.4 Å². The molecule has 146 valence electrons. The number of methoxy groups -OCH3 is 1. The molecule has 5 nitrogen and oxygen atoms in total. The van der Waals surface area contributed by atoms with Gasteiger partial charge in [-0.1, -0.05) is 15.9 Å². The monoisotopic (exact) mass is 434 g/mol. The van der Waals surface area contributed by atoms with E-state index >= 15 is 0 Å². The van der Waals surface area contributed by atoms with Crippen LogP contribution in [0.1, 0.15) is 32.1 Å². The van der Waals surface area contributed by atoms with Crippen molar-refractivity contribution in [3.05, 3.63) is 28.7 Å². The Bertz CT molecular complexity index is 717. The molecular formula is C21H27BrN2O3. The minimum atomic E-state index is -0.211. The summed E-state index contributed by atoms with van der Waals surface area (Å²) >= 11 is 3.42. The molecule has 0 aromatic heterocycles. The van der Waals surface area contributed by atoms with Gasteiger partial charge in [-0.05, 0) is 73.6 Å². The molecule has 3 aliphatic carbocycles. The zero-order chi connectivity index (χ0) is 19.0. The molecule has 1 aromatic carbocycles. The zero-order valence-corrected chi connectivity index (χ0v) is 17.3. The number of carbonyl (C=O) groups excluding carboxylic acids is 2. The number of carbonyl (C=O) groups is 2. The second-order valence-electron chi connectivity index (χ2n) is 8.21. The second kappa shape index (κ2) is 7.55. The number of anilines is 1. The maximum atomic E-state index is 13.2. The first-order valence-corrected chi connectivity index (χ1v) is 10.7. The summed E-state index contributed by atoms with van der Waals surface area (Å²) < 4.78 is 6.03. The topological polar surface area (TPSA) is 67.4 Å². The molecule has 1 aromatic rings. The van der Waals surface area contributed by atoms with Gasteiger partial charge < -0.3 is 15.4 Å². The molecule has 3 fully saturated rings. The minimum Gasteiger partial charge on any atom is -0.385 e. The number of benzene rings is 1. The van der Waals surface area contributed by atoms with Crippen LogP contribution in [0.2, 0.25) is 0 Å². The number of amides is 2. The van der Waals surface area contributed by atoms with Crippen molar-refractivity contribution in [1.29, 1.82) is 0 Å². The van der Waals surface area contributed by atoms with Crippen molar-refractivity contribution >= 4 is 33.4 Å². The maximum Gasteiger partial charge on any atom is 0.228 e. The fourth-order valence-corrected chi connectivity index (χ4v) is 5.93. The fraction of sp³-hybridized carbons (Fsp3) is 0.619. The molecule has 3 saturated carbocycles. The van der Waals surface area contributed by atoms with Crippen LogP contribution >= 0.6 is 15.9 Å². The van der Waals surface area contributed by atoms with Gasteiger partial charge in [0.1, 0.15) is 0 Å². The molecule has 0 heterocycles. The van der Waals surface area contributed by atoms with E-state index in [0.717, 1.165) is 29.4 Å². The van der Waals surface area contributed by atoms with Crippen molar-refractivity contribution < 1.29 is 14.3 Å². The van der Waals surface area contributed by atoms with E-state index < -0.39 is 0 Å². The Kier molecular flexibility index (Phi) is 5.30. The van der Waals surface area contributed by atoms with E-state index in [-0.39, 0.29) is 29.1 Å². The van der Waals surface area contributed by atoms with Crippen LogP contribution in [0.15, 0.2) is 28.7 Å². The van der Waals surface area contributed by atoms with Crippen LogP contribution in [0.3, 0.4) is 0 Å². The van der Waals surface area contributed by atoms with Gasteiger partial charge >= 0.3 is 0 Å². The molecule has 2 bridgehead atoms. The summed E-state index contributed by atoms with van der Waals surface area (Å²) in [5.74, 6) is 0.383. The number of hydrogen-bond acceptors (Lipinski definition) is 3. The lowest BCUT2D eigenvalue weighted by Crippen LogP contribution is -2.43. The lowest BCUT2D eigenvalue weighted by atomic mass is 9.78. The number of rotatable bonds is 7. The summed E-state index contributed by atoms with van der Waals surface area (Å²) in [7, 11) is 1.66. The lowest BCUT2D eigenvalue weighted by molar-refractivity contribution is -0.134. The smallest absolute Gasteiger partial charge is 0.228 e. The average molecular weight is 435 g/mol. The maximum absolute atomic E-state index is 13.2. The molecule has 0 radical (unpaired) electrons. The highest BCUT2D eigenvalue weighted by Gasteiger charge is 2.71. The average Bonchev–Trinajstić information content (AvgIpc) is 3.33. The number of ether oxygens (including phenoxy) is 1. The lowest BCUT2D eigenvalue weighted by Gasteiger charge is -2.29. The highest BCUT2D eigenvalue weighted by Crippen LogP contribution is 2.74. The summed E-state index contributed by atoms with van der Waals surface area (Å²) in [5, 5.41) is 6.12. The largest absolute Gasteiger partial charge is 0.385 e. The van der Waals surface area contributed by atoms with Gasteiger partial charge in [0.25, 0.3) is 0 Å².